The molecule has 0 fully saturated rings. The van der Waals surface area contributed by atoms with E-state index in [-0.39, 0.29) is 0 Å². The lowest BCUT2D eigenvalue weighted by molar-refractivity contribution is 0.883. The zero-order valence-corrected chi connectivity index (χ0v) is 18.7. The minimum absolute atomic E-state index is 0.553. The Morgan fingerprint density at radius 3 is 2.31 bits per heavy atom. The number of hydrogen-bond donors (Lipinski definition) is 0. The second-order valence-corrected chi connectivity index (χ2v) is 8.38. The minimum Gasteiger partial charge on any atom is -0.231 e. The molecule has 0 bridgehead atoms. The van der Waals surface area contributed by atoms with Gasteiger partial charge in [-0.25, -0.2) is 4.68 Å². The van der Waals surface area contributed by atoms with E-state index in [4.69, 9.17) is 28.3 Å². The molecule has 0 aliphatic rings. The van der Waals surface area contributed by atoms with Crippen LogP contribution >= 0.6 is 39.1 Å². The first kappa shape index (κ1) is 20.0. The summed E-state index contributed by atoms with van der Waals surface area (Å²) >= 11 is 16.1. The molecular formula is C24H17BrCl2N2. The highest BCUT2D eigenvalue weighted by Gasteiger charge is 2.18. The number of benzene rings is 3. The molecular weight excluding hydrogens is 467 g/mol. The minimum atomic E-state index is 0.553. The Labute approximate surface area is 188 Å². The van der Waals surface area contributed by atoms with Crippen LogP contribution in [0.4, 0.5) is 0 Å². The first-order valence-corrected chi connectivity index (χ1v) is 10.6. The zero-order chi connectivity index (χ0) is 20.4. The average Bonchev–Trinajstić information content (AvgIpc) is 3.04. The van der Waals surface area contributed by atoms with Crippen LogP contribution in [0, 0.1) is 6.92 Å². The molecule has 0 N–H and O–H groups in total. The molecule has 4 aromatic rings. The maximum atomic E-state index is 6.51. The van der Waals surface area contributed by atoms with Gasteiger partial charge >= 0.3 is 0 Å². The fourth-order valence-corrected chi connectivity index (χ4v) is 3.94. The molecule has 0 saturated heterocycles. The number of rotatable bonds is 4. The van der Waals surface area contributed by atoms with Crippen molar-refractivity contribution in [3.8, 4) is 16.9 Å². The standard InChI is InChI=1S/C24H17BrCl2N2/c1-16-22(13-7-17-5-3-2-4-6-17)28-29(23-14-12-20(26)15-21(23)27)24(16)18-8-10-19(25)11-9-18/h2-15H,1H3/b13-7+. The third-order valence-corrected chi connectivity index (χ3v) is 5.71. The van der Waals surface area contributed by atoms with Crippen LogP contribution in [-0.2, 0) is 0 Å². The van der Waals surface area contributed by atoms with Crippen molar-refractivity contribution >= 4 is 51.3 Å². The SMILES string of the molecule is Cc1c(/C=C/c2ccccc2)nn(-c2ccc(Cl)cc2Cl)c1-c1ccc(Br)cc1. The lowest BCUT2D eigenvalue weighted by Gasteiger charge is -2.11. The Morgan fingerprint density at radius 1 is 0.897 bits per heavy atom. The van der Waals surface area contributed by atoms with Crippen molar-refractivity contribution in [1.82, 2.24) is 9.78 Å². The van der Waals surface area contributed by atoms with E-state index in [0.29, 0.717) is 10.0 Å². The Hall–Kier alpha value is -2.33. The van der Waals surface area contributed by atoms with Crippen LogP contribution in [-0.4, -0.2) is 9.78 Å². The van der Waals surface area contributed by atoms with Crippen molar-refractivity contribution in [2.75, 3.05) is 0 Å². The Bertz CT molecular complexity index is 1180. The van der Waals surface area contributed by atoms with E-state index in [1.165, 1.54) is 0 Å². The molecule has 4 rings (SSSR count). The van der Waals surface area contributed by atoms with Crippen molar-refractivity contribution in [2.45, 2.75) is 6.92 Å². The van der Waals surface area contributed by atoms with Crippen molar-refractivity contribution in [3.05, 3.63) is 104 Å². The molecule has 2 nitrogen and oxygen atoms in total. The first-order chi connectivity index (χ1) is 14.0. The molecule has 5 heteroatoms. The Balaban J connectivity index is 1.88. The predicted octanol–water partition coefficient (Wildman–Crippen LogP) is 8.09. The highest BCUT2D eigenvalue weighted by molar-refractivity contribution is 9.10. The van der Waals surface area contributed by atoms with Crippen LogP contribution in [0.3, 0.4) is 0 Å². The van der Waals surface area contributed by atoms with Crippen molar-refractivity contribution < 1.29 is 0 Å². The molecule has 3 aromatic carbocycles. The van der Waals surface area contributed by atoms with Crippen molar-refractivity contribution in [2.24, 2.45) is 0 Å². The van der Waals surface area contributed by atoms with Gasteiger partial charge in [0.25, 0.3) is 0 Å². The molecule has 0 radical (unpaired) electrons. The van der Waals surface area contributed by atoms with E-state index >= 15 is 0 Å². The quantitative estimate of drug-likeness (QED) is 0.286. The van der Waals surface area contributed by atoms with Gasteiger partial charge in [-0.1, -0.05) is 87.7 Å². The fraction of sp³-hybridized carbons (Fsp3) is 0.0417. The lowest BCUT2D eigenvalue weighted by Crippen LogP contribution is -2.00. The summed E-state index contributed by atoms with van der Waals surface area (Å²) in [5.74, 6) is 0. The third-order valence-electron chi connectivity index (χ3n) is 4.65. The maximum Gasteiger partial charge on any atom is 0.0891 e. The fourth-order valence-electron chi connectivity index (χ4n) is 3.18. The summed E-state index contributed by atoms with van der Waals surface area (Å²) < 4.78 is 2.92. The topological polar surface area (TPSA) is 17.8 Å². The monoisotopic (exact) mass is 482 g/mol. The number of hydrogen-bond acceptors (Lipinski definition) is 1. The van der Waals surface area contributed by atoms with E-state index in [9.17, 15) is 0 Å². The second kappa shape index (κ2) is 8.58. The van der Waals surface area contributed by atoms with Crippen LogP contribution in [0.1, 0.15) is 16.8 Å². The van der Waals surface area contributed by atoms with Crippen molar-refractivity contribution in [3.63, 3.8) is 0 Å². The molecule has 144 valence electrons. The van der Waals surface area contributed by atoms with Gasteiger partial charge in [0.2, 0.25) is 0 Å². The van der Waals surface area contributed by atoms with Gasteiger partial charge in [0.05, 0.1) is 22.1 Å². The lowest BCUT2D eigenvalue weighted by atomic mass is 10.1. The number of halogens is 3. The molecule has 0 aliphatic carbocycles. The molecule has 1 aromatic heterocycles. The summed E-state index contributed by atoms with van der Waals surface area (Å²) in [6.45, 7) is 2.08. The van der Waals surface area contributed by atoms with E-state index in [0.717, 1.165) is 38.2 Å². The van der Waals surface area contributed by atoms with Crippen LogP contribution in [0.2, 0.25) is 10.0 Å². The van der Waals surface area contributed by atoms with Gasteiger partial charge in [0, 0.05) is 20.6 Å². The second-order valence-electron chi connectivity index (χ2n) is 6.62. The summed E-state index contributed by atoms with van der Waals surface area (Å²) in [5.41, 5.74) is 5.92. The summed E-state index contributed by atoms with van der Waals surface area (Å²) in [4.78, 5) is 0. The molecule has 0 amide bonds. The average molecular weight is 484 g/mol. The third kappa shape index (κ3) is 4.32. The molecule has 0 spiro atoms. The molecule has 0 atom stereocenters. The van der Waals surface area contributed by atoms with Gasteiger partial charge in [0.15, 0.2) is 0 Å². The van der Waals surface area contributed by atoms with Crippen LogP contribution in [0.25, 0.3) is 29.1 Å². The summed E-state index contributed by atoms with van der Waals surface area (Å²) in [6.07, 6.45) is 4.10. The summed E-state index contributed by atoms with van der Waals surface area (Å²) in [5, 5.41) is 6.02. The number of nitrogens with zero attached hydrogens (tertiary/aromatic N) is 2. The summed E-state index contributed by atoms with van der Waals surface area (Å²) in [6, 6.07) is 23.8. The van der Waals surface area contributed by atoms with Gasteiger partial charge in [-0.05, 0) is 48.9 Å². The first-order valence-electron chi connectivity index (χ1n) is 9.07. The molecule has 0 aliphatic heterocycles. The molecule has 0 unspecified atom stereocenters. The van der Waals surface area contributed by atoms with Gasteiger partial charge < -0.3 is 0 Å². The van der Waals surface area contributed by atoms with E-state index in [1.807, 2.05) is 53.2 Å². The van der Waals surface area contributed by atoms with Gasteiger partial charge in [0.1, 0.15) is 0 Å². The van der Waals surface area contributed by atoms with Crippen LogP contribution in [0.5, 0.6) is 0 Å². The molecule has 0 saturated carbocycles. The normalized spacial score (nSPS) is 11.3. The van der Waals surface area contributed by atoms with E-state index in [1.54, 1.807) is 6.07 Å². The summed E-state index contributed by atoms with van der Waals surface area (Å²) in [7, 11) is 0. The highest BCUT2D eigenvalue weighted by atomic mass is 79.9. The largest absolute Gasteiger partial charge is 0.231 e. The Kier molecular flexibility index (Phi) is 5.91. The Morgan fingerprint density at radius 2 is 1.62 bits per heavy atom. The molecule has 1 heterocycles. The zero-order valence-electron chi connectivity index (χ0n) is 15.6. The van der Waals surface area contributed by atoms with Crippen LogP contribution in [0.15, 0.2) is 77.3 Å². The predicted molar refractivity (Wildman–Crippen MR) is 127 cm³/mol. The highest BCUT2D eigenvalue weighted by Crippen LogP contribution is 2.33. The number of aromatic nitrogens is 2. The van der Waals surface area contributed by atoms with Gasteiger partial charge in [-0.2, -0.15) is 5.10 Å². The van der Waals surface area contributed by atoms with Crippen molar-refractivity contribution in [1.29, 1.82) is 0 Å². The smallest absolute Gasteiger partial charge is 0.0891 e. The van der Waals surface area contributed by atoms with Crippen LogP contribution < -0.4 is 0 Å². The molecule has 29 heavy (non-hydrogen) atoms. The van der Waals surface area contributed by atoms with E-state index in [2.05, 4.69) is 53.2 Å². The van der Waals surface area contributed by atoms with E-state index < -0.39 is 0 Å². The van der Waals surface area contributed by atoms with Gasteiger partial charge in [-0.15, -0.1) is 0 Å². The maximum absolute atomic E-state index is 6.51. The van der Waals surface area contributed by atoms with Gasteiger partial charge in [-0.3, -0.25) is 0 Å².